The van der Waals surface area contributed by atoms with E-state index in [0.29, 0.717) is 13.1 Å². The molecular weight excluding hydrogens is 400 g/mol. The Morgan fingerprint density at radius 3 is 2.63 bits per heavy atom. The first-order valence-corrected chi connectivity index (χ1v) is 11.0. The van der Waals surface area contributed by atoms with Crippen LogP contribution in [0.2, 0.25) is 0 Å². The van der Waals surface area contributed by atoms with E-state index in [-0.39, 0.29) is 5.91 Å². The van der Waals surface area contributed by atoms with Gasteiger partial charge in [0.15, 0.2) is 17.5 Å². The molecule has 1 aromatic heterocycles. The van der Waals surface area contributed by atoms with Gasteiger partial charge in [0.25, 0.3) is 5.91 Å². The molecule has 0 spiro atoms. The quantitative estimate of drug-likeness (QED) is 0.324. The zero-order valence-electron chi connectivity index (χ0n) is 18.2. The number of guanidine groups is 1. The number of thiophene rings is 1. The van der Waals surface area contributed by atoms with Crippen molar-refractivity contribution in [2.75, 3.05) is 47.4 Å². The molecule has 0 bridgehead atoms. The van der Waals surface area contributed by atoms with Crippen LogP contribution in [0.3, 0.4) is 0 Å². The topological polar surface area (TPSA) is 75.2 Å². The Morgan fingerprint density at radius 2 is 1.97 bits per heavy atom. The maximum Gasteiger partial charge on any atom is 0.261 e. The van der Waals surface area contributed by atoms with E-state index >= 15 is 0 Å². The van der Waals surface area contributed by atoms with Crippen LogP contribution in [0.25, 0.3) is 0 Å². The van der Waals surface area contributed by atoms with Crippen LogP contribution in [0.4, 0.5) is 0 Å². The average Bonchev–Trinajstić information content (AvgIpc) is 3.31. The smallest absolute Gasteiger partial charge is 0.261 e. The molecule has 0 saturated heterocycles. The second-order valence-electron chi connectivity index (χ2n) is 6.68. The second kappa shape index (κ2) is 12.7. The predicted octanol–water partition coefficient (Wildman–Crippen LogP) is 3.03. The fourth-order valence-electron chi connectivity index (χ4n) is 2.87. The molecule has 2 N–H and O–H groups in total. The van der Waals surface area contributed by atoms with Crippen LogP contribution in [0.1, 0.15) is 28.6 Å². The number of amides is 1. The van der Waals surface area contributed by atoms with E-state index in [2.05, 4.69) is 33.5 Å². The highest BCUT2D eigenvalue weighted by Gasteiger charge is 2.09. The number of ether oxygens (including phenoxy) is 2. The van der Waals surface area contributed by atoms with Crippen molar-refractivity contribution in [2.24, 2.45) is 4.99 Å². The number of methoxy groups -OCH3 is 2. The highest BCUT2D eigenvalue weighted by molar-refractivity contribution is 7.12. The molecule has 2 rings (SSSR count). The number of benzene rings is 1. The molecule has 164 valence electrons. The summed E-state index contributed by atoms with van der Waals surface area (Å²) in [5.74, 6) is 2.31. The number of aliphatic imine (C=N–C) groups is 1. The van der Waals surface area contributed by atoms with Gasteiger partial charge in [0.2, 0.25) is 0 Å². The minimum Gasteiger partial charge on any atom is -0.493 e. The molecule has 0 aliphatic rings. The fraction of sp³-hybridized carbons (Fsp3) is 0.455. The summed E-state index contributed by atoms with van der Waals surface area (Å²) >= 11 is 1.45. The molecule has 0 aliphatic carbocycles. The second-order valence-corrected chi connectivity index (χ2v) is 7.63. The van der Waals surface area contributed by atoms with E-state index in [1.165, 1.54) is 16.9 Å². The van der Waals surface area contributed by atoms with Crippen LogP contribution >= 0.6 is 11.3 Å². The molecule has 0 aliphatic heterocycles. The zero-order chi connectivity index (χ0) is 21.8. The minimum absolute atomic E-state index is 0.0204. The van der Waals surface area contributed by atoms with E-state index in [0.717, 1.165) is 48.3 Å². The summed E-state index contributed by atoms with van der Waals surface area (Å²) in [5.41, 5.74) is 1.17. The van der Waals surface area contributed by atoms with E-state index in [1.807, 2.05) is 36.7 Å². The van der Waals surface area contributed by atoms with E-state index in [1.54, 1.807) is 14.2 Å². The van der Waals surface area contributed by atoms with Crippen LogP contribution < -0.4 is 20.1 Å². The van der Waals surface area contributed by atoms with Gasteiger partial charge >= 0.3 is 0 Å². The maximum absolute atomic E-state index is 11.9. The number of likely N-dealkylation sites (N-methyl/N-ethyl adjacent to an activating group) is 1. The van der Waals surface area contributed by atoms with Gasteiger partial charge < -0.3 is 25.0 Å². The first-order chi connectivity index (χ1) is 14.6. The maximum atomic E-state index is 11.9. The number of nitrogens with one attached hydrogen (secondary N) is 2. The molecular formula is C22H32N4O3S. The largest absolute Gasteiger partial charge is 0.493 e. The summed E-state index contributed by atoms with van der Waals surface area (Å²) in [6.07, 6.45) is 1.65. The van der Waals surface area contributed by atoms with Gasteiger partial charge in [-0.25, -0.2) is 0 Å². The number of carbonyl (C=O) groups is 1. The molecule has 7 nitrogen and oxygen atoms in total. The average molecular weight is 433 g/mol. The highest BCUT2D eigenvalue weighted by atomic mass is 32.1. The van der Waals surface area contributed by atoms with Crippen molar-refractivity contribution in [1.82, 2.24) is 15.5 Å². The van der Waals surface area contributed by atoms with Gasteiger partial charge in [-0.1, -0.05) is 12.1 Å². The summed E-state index contributed by atoms with van der Waals surface area (Å²) in [4.78, 5) is 19.5. The SMILES string of the molecule is CCNC(=NCCCNC(=O)c1cccs1)N(C)CCc1ccc(OC)c(OC)c1. The van der Waals surface area contributed by atoms with Gasteiger partial charge in [-0.15, -0.1) is 11.3 Å². The van der Waals surface area contributed by atoms with Crippen molar-refractivity contribution in [3.8, 4) is 11.5 Å². The predicted molar refractivity (Wildman–Crippen MR) is 123 cm³/mol. The lowest BCUT2D eigenvalue weighted by Gasteiger charge is -2.22. The van der Waals surface area contributed by atoms with Crippen LogP contribution in [0, 0.1) is 0 Å². The standard InChI is InChI=1S/C22H32N4O3S/c1-5-23-22(25-13-7-12-24-21(27)20-8-6-15-30-20)26(2)14-11-17-9-10-18(28-3)19(16-17)29-4/h6,8-10,15-16H,5,7,11-14H2,1-4H3,(H,23,25)(H,24,27). The Bertz CT molecular complexity index is 809. The Hall–Kier alpha value is -2.74. The Kier molecular flexibility index (Phi) is 10.00. The molecule has 1 amide bonds. The van der Waals surface area contributed by atoms with Gasteiger partial charge in [-0.2, -0.15) is 0 Å². The molecule has 30 heavy (non-hydrogen) atoms. The molecule has 1 aromatic carbocycles. The summed E-state index contributed by atoms with van der Waals surface area (Å²) in [5, 5.41) is 8.16. The van der Waals surface area contributed by atoms with Crippen LogP contribution in [-0.4, -0.2) is 64.2 Å². The molecule has 0 fully saturated rings. The summed E-state index contributed by atoms with van der Waals surface area (Å²) in [6.45, 7) is 4.92. The molecule has 0 atom stereocenters. The highest BCUT2D eigenvalue weighted by Crippen LogP contribution is 2.27. The van der Waals surface area contributed by atoms with E-state index in [9.17, 15) is 4.79 Å². The molecule has 0 unspecified atom stereocenters. The van der Waals surface area contributed by atoms with Gasteiger partial charge in [0, 0.05) is 33.2 Å². The fourth-order valence-corrected chi connectivity index (χ4v) is 3.51. The number of hydrogen-bond acceptors (Lipinski definition) is 5. The lowest BCUT2D eigenvalue weighted by Crippen LogP contribution is -2.40. The van der Waals surface area contributed by atoms with Gasteiger partial charge in [0.1, 0.15) is 0 Å². The third-order valence-corrected chi connectivity index (χ3v) is 5.38. The third kappa shape index (κ3) is 7.26. The first kappa shape index (κ1) is 23.5. The van der Waals surface area contributed by atoms with Crippen molar-refractivity contribution in [3.05, 3.63) is 46.2 Å². The third-order valence-electron chi connectivity index (χ3n) is 4.51. The number of hydrogen-bond donors (Lipinski definition) is 2. The van der Waals surface area contributed by atoms with E-state index in [4.69, 9.17) is 9.47 Å². The monoisotopic (exact) mass is 432 g/mol. The van der Waals surface area contributed by atoms with Crippen molar-refractivity contribution >= 4 is 23.2 Å². The summed E-state index contributed by atoms with van der Waals surface area (Å²) in [7, 11) is 5.31. The van der Waals surface area contributed by atoms with Crippen molar-refractivity contribution in [2.45, 2.75) is 19.8 Å². The van der Waals surface area contributed by atoms with Crippen molar-refractivity contribution in [3.63, 3.8) is 0 Å². The first-order valence-electron chi connectivity index (χ1n) is 10.1. The lowest BCUT2D eigenvalue weighted by molar-refractivity contribution is 0.0957. The van der Waals surface area contributed by atoms with Gasteiger partial charge in [-0.3, -0.25) is 9.79 Å². The molecule has 0 radical (unpaired) electrons. The van der Waals surface area contributed by atoms with Crippen LogP contribution in [0.15, 0.2) is 40.7 Å². The Balaban J connectivity index is 1.81. The molecule has 2 aromatic rings. The number of carbonyl (C=O) groups excluding carboxylic acids is 1. The molecule has 8 heteroatoms. The summed E-state index contributed by atoms with van der Waals surface area (Å²) < 4.78 is 10.7. The van der Waals surface area contributed by atoms with Crippen molar-refractivity contribution < 1.29 is 14.3 Å². The number of nitrogens with zero attached hydrogens (tertiary/aromatic N) is 2. The Labute approximate surface area is 183 Å². The van der Waals surface area contributed by atoms with E-state index < -0.39 is 0 Å². The van der Waals surface area contributed by atoms with Gasteiger partial charge in [-0.05, 0) is 48.9 Å². The lowest BCUT2D eigenvalue weighted by atomic mass is 10.1. The minimum atomic E-state index is -0.0204. The Morgan fingerprint density at radius 1 is 1.17 bits per heavy atom. The molecule has 1 heterocycles. The van der Waals surface area contributed by atoms with Crippen molar-refractivity contribution in [1.29, 1.82) is 0 Å². The van der Waals surface area contributed by atoms with Gasteiger partial charge in [0.05, 0.1) is 19.1 Å². The zero-order valence-corrected chi connectivity index (χ0v) is 19.1. The normalized spacial score (nSPS) is 11.1. The number of rotatable bonds is 11. The van der Waals surface area contributed by atoms with Crippen LogP contribution in [-0.2, 0) is 6.42 Å². The molecule has 0 saturated carbocycles. The summed E-state index contributed by atoms with van der Waals surface area (Å²) in [6, 6.07) is 9.69. The van der Waals surface area contributed by atoms with Crippen LogP contribution in [0.5, 0.6) is 11.5 Å².